The molecule has 0 heterocycles. The number of nitriles is 1. The lowest BCUT2D eigenvalue weighted by molar-refractivity contribution is 0.507. The highest BCUT2D eigenvalue weighted by molar-refractivity contribution is 5.61. The van der Waals surface area contributed by atoms with Gasteiger partial charge in [-0.3, -0.25) is 0 Å². The van der Waals surface area contributed by atoms with E-state index in [-0.39, 0.29) is 0 Å². The summed E-state index contributed by atoms with van der Waals surface area (Å²) in [7, 11) is 0. The summed E-state index contributed by atoms with van der Waals surface area (Å²) in [6, 6.07) is 9.06. The normalized spacial score (nSPS) is 10.8. The Morgan fingerprint density at radius 3 is 2.32 bits per heavy atom. The molecule has 0 atom stereocenters. The van der Waals surface area contributed by atoms with Gasteiger partial charge in [-0.05, 0) is 43.4 Å². The topological polar surface area (TPSA) is 27.0 Å². The van der Waals surface area contributed by atoms with Gasteiger partial charge in [-0.25, -0.2) is 0 Å². The molecular weight excluding hydrogens is 232 g/mol. The Hall–Kier alpha value is -1.49. The minimum atomic E-state index is 0.511. The zero-order chi connectivity index (χ0) is 14.4. The Balaban J connectivity index is 3.20. The maximum absolute atomic E-state index is 9.38. The summed E-state index contributed by atoms with van der Waals surface area (Å²) in [5, 5.41) is 9.38. The van der Waals surface area contributed by atoms with Crippen LogP contribution in [-0.4, -0.2) is 12.6 Å². The summed E-state index contributed by atoms with van der Waals surface area (Å²) in [6.45, 7) is 12.0. The number of anilines is 1. The van der Waals surface area contributed by atoms with Crippen LogP contribution in [0, 0.1) is 24.2 Å². The van der Waals surface area contributed by atoms with Crippen molar-refractivity contribution in [2.75, 3.05) is 11.4 Å². The summed E-state index contributed by atoms with van der Waals surface area (Å²) in [5.74, 6) is 0.591. The lowest BCUT2D eigenvalue weighted by Crippen LogP contribution is -2.37. The predicted molar refractivity (Wildman–Crippen MR) is 82.4 cm³/mol. The van der Waals surface area contributed by atoms with Crippen LogP contribution in [0.15, 0.2) is 18.2 Å². The Bertz CT molecular complexity index is 439. The molecule has 0 aliphatic rings. The van der Waals surface area contributed by atoms with Crippen molar-refractivity contribution in [3.63, 3.8) is 0 Å². The van der Waals surface area contributed by atoms with Crippen LogP contribution in [0.4, 0.5) is 5.69 Å². The van der Waals surface area contributed by atoms with Gasteiger partial charge in [-0.2, -0.15) is 5.26 Å². The van der Waals surface area contributed by atoms with Gasteiger partial charge in [0.25, 0.3) is 0 Å². The standard InChI is InChI=1S/C17H26N2/c1-6-16(7-2)19(12-13(3)4)17-9-8-14(5)10-15(17)11-18/h8-10,13,16H,6-7,12H2,1-5H3. The van der Waals surface area contributed by atoms with Crippen molar-refractivity contribution in [1.82, 2.24) is 0 Å². The maximum atomic E-state index is 9.38. The number of nitrogens with zero attached hydrogens (tertiary/aromatic N) is 2. The van der Waals surface area contributed by atoms with Gasteiger partial charge in [-0.15, -0.1) is 0 Å². The lowest BCUT2D eigenvalue weighted by atomic mass is 10.0. The highest BCUT2D eigenvalue weighted by Crippen LogP contribution is 2.26. The van der Waals surface area contributed by atoms with E-state index >= 15 is 0 Å². The number of hydrogen-bond acceptors (Lipinski definition) is 2. The molecule has 0 fully saturated rings. The van der Waals surface area contributed by atoms with Gasteiger partial charge < -0.3 is 4.90 Å². The molecule has 0 radical (unpaired) electrons. The Labute approximate surface area is 118 Å². The molecule has 1 aromatic rings. The SMILES string of the molecule is CCC(CC)N(CC(C)C)c1ccc(C)cc1C#N. The number of benzene rings is 1. The van der Waals surface area contributed by atoms with E-state index in [1.54, 1.807) is 0 Å². The third-order valence-electron chi connectivity index (χ3n) is 3.53. The number of rotatable bonds is 6. The summed E-state index contributed by atoms with van der Waals surface area (Å²) in [6.07, 6.45) is 2.23. The molecule has 2 nitrogen and oxygen atoms in total. The van der Waals surface area contributed by atoms with E-state index in [4.69, 9.17) is 0 Å². The third-order valence-corrected chi connectivity index (χ3v) is 3.53. The van der Waals surface area contributed by atoms with E-state index < -0.39 is 0 Å². The largest absolute Gasteiger partial charge is 0.367 e. The Morgan fingerprint density at radius 2 is 1.84 bits per heavy atom. The van der Waals surface area contributed by atoms with Crippen molar-refractivity contribution in [2.24, 2.45) is 5.92 Å². The van der Waals surface area contributed by atoms with Gasteiger partial charge in [-0.1, -0.05) is 33.8 Å². The molecule has 0 saturated carbocycles. The fraction of sp³-hybridized carbons (Fsp3) is 0.588. The van der Waals surface area contributed by atoms with Crippen molar-refractivity contribution in [3.05, 3.63) is 29.3 Å². The van der Waals surface area contributed by atoms with E-state index in [0.717, 1.165) is 36.2 Å². The van der Waals surface area contributed by atoms with Gasteiger partial charge in [0.05, 0.1) is 11.3 Å². The molecule has 0 spiro atoms. The van der Waals surface area contributed by atoms with Gasteiger partial charge in [0.2, 0.25) is 0 Å². The molecule has 0 aromatic heterocycles. The first kappa shape index (κ1) is 15.6. The van der Waals surface area contributed by atoms with E-state index in [9.17, 15) is 5.26 Å². The van der Waals surface area contributed by atoms with Gasteiger partial charge in [0, 0.05) is 12.6 Å². The van der Waals surface area contributed by atoms with Crippen LogP contribution in [0.2, 0.25) is 0 Å². The van der Waals surface area contributed by atoms with Crippen LogP contribution in [-0.2, 0) is 0 Å². The lowest BCUT2D eigenvalue weighted by Gasteiger charge is -2.35. The van der Waals surface area contributed by atoms with Crippen LogP contribution in [0.5, 0.6) is 0 Å². The van der Waals surface area contributed by atoms with Crippen LogP contribution in [0.25, 0.3) is 0 Å². The minimum Gasteiger partial charge on any atom is -0.367 e. The van der Waals surface area contributed by atoms with Gasteiger partial charge in [0.15, 0.2) is 0 Å². The molecule has 0 saturated heterocycles. The monoisotopic (exact) mass is 258 g/mol. The Kier molecular flexibility index (Phi) is 5.89. The fourth-order valence-corrected chi connectivity index (χ4v) is 2.56. The minimum absolute atomic E-state index is 0.511. The number of aryl methyl sites for hydroxylation is 1. The van der Waals surface area contributed by atoms with Crippen molar-refractivity contribution in [3.8, 4) is 6.07 Å². The van der Waals surface area contributed by atoms with Crippen LogP contribution in [0.1, 0.15) is 51.7 Å². The van der Waals surface area contributed by atoms with Crippen molar-refractivity contribution in [2.45, 2.75) is 53.5 Å². The molecule has 2 heteroatoms. The average molecular weight is 258 g/mol. The molecule has 0 aliphatic carbocycles. The Morgan fingerprint density at radius 1 is 1.21 bits per heavy atom. The highest BCUT2D eigenvalue weighted by Gasteiger charge is 2.19. The molecule has 0 unspecified atom stereocenters. The number of hydrogen-bond donors (Lipinski definition) is 0. The zero-order valence-electron chi connectivity index (χ0n) is 12.9. The van der Waals surface area contributed by atoms with Gasteiger partial charge >= 0.3 is 0 Å². The molecule has 0 amide bonds. The summed E-state index contributed by atoms with van der Waals surface area (Å²) in [5.41, 5.74) is 3.04. The maximum Gasteiger partial charge on any atom is 0.101 e. The van der Waals surface area contributed by atoms with Crippen LogP contribution < -0.4 is 4.90 Å². The first-order chi connectivity index (χ1) is 9.03. The summed E-state index contributed by atoms with van der Waals surface area (Å²) in [4.78, 5) is 2.42. The van der Waals surface area contributed by atoms with E-state index in [0.29, 0.717) is 12.0 Å². The second-order valence-electron chi connectivity index (χ2n) is 5.65. The van der Waals surface area contributed by atoms with E-state index in [1.165, 1.54) is 0 Å². The average Bonchev–Trinajstić information content (AvgIpc) is 2.38. The van der Waals surface area contributed by atoms with Gasteiger partial charge in [0.1, 0.15) is 6.07 Å². The molecule has 0 N–H and O–H groups in total. The second kappa shape index (κ2) is 7.19. The molecule has 1 rings (SSSR count). The summed E-state index contributed by atoms with van der Waals surface area (Å²) >= 11 is 0. The van der Waals surface area contributed by atoms with Crippen molar-refractivity contribution < 1.29 is 0 Å². The highest BCUT2D eigenvalue weighted by atomic mass is 15.2. The first-order valence-electron chi connectivity index (χ1n) is 7.30. The second-order valence-corrected chi connectivity index (χ2v) is 5.65. The molecule has 0 aliphatic heterocycles. The van der Waals surface area contributed by atoms with Crippen LogP contribution >= 0.6 is 0 Å². The zero-order valence-corrected chi connectivity index (χ0v) is 12.9. The van der Waals surface area contributed by atoms with E-state index in [2.05, 4.69) is 50.8 Å². The third kappa shape index (κ3) is 3.99. The quantitative estimate of drug-likeness (QED) is 0.750. The van der Waals surface area contributed by atoms with Crippen molar-refractivity contribution in [1.29, 1.82) is 5.26 Å². The first-order valence-corrected chi connectivity index (χ1v) is 7.30. The molecule has 0 bridgehead atoms. The summed E-state index contributed by atoms with van der Waals surface area (Å²) < 4.78 is 0. The molecule has 1 aromatic carbocycles. The molecule has 19 heavy (non-hydrogen) atoms. The fourth-order valence-electron chi connectivity index (χ4n) is 2.56. The predicted octanol–water partition coefficient (Wildman–Crippen LogP) is 4.52. The van der Waals surface area contributed by atoms with E-state index in [1.807, 2.05) is 13.0 Å². The van der Waals surface area contributed by atoms with Crippen LogP contribution in [0.3, 0.4) is 0 Å². The molecular formula is C17H26N2. The molecule has 104 valence electrons. The smallest absolute Gasteiger partial charge is 0.101 e. The van der Waals surface area contributed by atoms with Crippen molar-refractivity contribution >= 4 is 5.69 Å².